The number of nitrogens with zero attached hydrogens (tertiary/aromatic N) is 1. The minimum absolute atomic E-state index is 0.0463. The van der Waals surface area contributed by atoms with Crippen LogP contribution >= 0.6 is 0 Å². The third kappa shape index (κ3) is 4.20. The Hall–Kier alpha value is -1.63. The molecule has 0 aromatic carbocycles. The predicted molar refractivity (Wildman–Crippen MR) is 73.2 cm³/mol. The third-order valence-corrected chi connectivity index (χ3v) is 4.51. The molecule has 0 bridgehead atoms. The van der Waals surface area contributed by atoms with Crippen LogP contribution in [0.5, 0.6) is 0 Å². The lowest BCUT2D eigenvalue weighted by atomic mass is 10.0. The number of aromatic nitrogens is 1. The van der Waals surface area contributed by atoms with Crippen LogP contribution in [0.4, 0.5) is 5.69 Å². The molecule has 106 valence electrons. The number of anilines is 1. The molecule has 0 atom stereocenters. The number of nitrogens with two attached hydrogens (primary N) is 1. The number of pyridine rings is 1. The van der Waals surface area contributed by atoms with Crippen molar-refractivity contribution < 1.29 is 13.2 Å². The summed E-state index contributed by atoms with van der Waals surface area (Å²) in [4.78, 5) is 15.4. The molecule has 0 fully saturated rings. The fraction of sp³-hybridized carbons (Fsp3) is 0.500. The first-order valence-electron chi connectivity index (χ1n) is 5.91. The number of carbonyl (C=O) groups excluding carboxylic acids is 1. The lowest BCUT2D eigenvalue weighted by Gasteiger charge is -2.24. The fourth-order valence-corrected chi connectivity index (χ4v) is 2.68. The second-order valence-corrected chi connectivity index (χ2v) is 6.92. The molecule has 0 unspecified atom stereocenters. The summed E-state index contributed by atoms with van der Waals surface area (Å²) < 4.78 is 24.1. The highest BCUT2D eigenvalue weighted by Crippen LogP contribution is 2.17. The number of hydrogen-bond acceptors (Lipinski definition) is 5. The number of hydrogen-bond donors (Lipinski definition) is 2. The number of nitrogen functional groups attached to an aromatic ring is 1. The molecule has 1 heterocycles. The Kier molecular flexibility index (Phi) is 4.52. The summed E-state index contributed by atoms with van der Waals surface area (Å²) in [6.45, 7) is 5.58. The molecule has 0 spiro atoms. The largest absolute Gasteiger partial charge is 0.396 e. The maximum atomic E-state index is 12.1. The molecule has 7 heteroatoms. The highest BCUT2D eigenvalue weighted by atomic mass is 32.2. The van der Waals surface area contributed by atoms with Crippen LogP contribution in [-0.2, 0) is 14.6 Å². The molecule has 1 aromatic rings. The molecule has 19 heavy (non-hydrogen) atoms. The van der Waals surface area contributed by atoms with Crippen molar-refractivity contribution in [3.63, 3.8) is 0 Å². The number of carbonyl (C=O) groups is 1. The molecule has 1 aromatic heterocycles. The summed E-state index contributed by atoms with van der Waals surface area (Å²) in [5.41, 5.74) is 5.17. The van der Waals surface area contributed by atoms with E-state index in [1.54, 1.807) is 0 Å². The zero-order chi connectivity index (χ0) is 14.7. The summed E-state index contributed by atoms with van der Waals surface area (Å²) in [6.07, 6.45) is 3.29. The molecule has 3 N–H and O–H groups in total. The standard InChI is InChI=1S/C12H19N3O3S/c1-4-12(2,3)15-11(16)8-19(17,18)10-5-6-14-7-9(10)13/h5-7H,4,8,13H2,1-3H3,(H,15,16). The number of nitrogens with one attached hydrogen (secondary N) is 1. The Bertz CT molecular complexity index is 567. The first-order chi connectivity index (χ1) is 8.68. The summed E-state index contributed by atoms with van der Waals surface area (Å²) >= 11 is 0. The molecular weight excluding hydrogens is 266 g/mol. The minimum Gasteiger partial charge on any atom is -0.396 e. The van der Waals surface area contributed by atoms with Crippen LogP contribution in [0.25, 0.3) is 0 Å². The highest BCUT2D eigenvalue weighted by molar-refractivity contribution is 7.92. The van der Waals surface area contributed by atoms with Gasteiger partial charge in [-0.2, -0.15) is 0 Å². The van der Waals surface area contributed by atoms with E-state index in [1.165, 1.54) is 18.5 Å². The van der Waals surface area contributed by atoms with Gasteiger partial charge in [0.25, 0.3) is 0 Å². The van der Waals surface area contributed by atoms with E-state index in [4.69, 9.17) is 5.73 Å². The lowest BCUT2D eigenvalue weighted by Crippen LogP contribution is -2.45. The average molecular weight is 285 g/mol. The van der Waals surface area contributed by atoms with Gasteiger partial charge in [0.05, 0.1) is 16.8 Å². The summed E-state index contributed by atoms with van der Waals surface area (Å²) in [7, 11) is -3.75. The molecule has 0 aliphatic heterocycles. The molecule has 6 nitrogen and oxygen atoms in total. The number of amides is 1. The van der Waals surface area contributed by atoms with Gasteiger partial charge in [-0.05, 0) is 26.3 Å². The van der Waals surface area contributed by atoms with E-state index < -0.39 is 27.0 Å². The molecule has 0 aliphatic carbocycles. The van der Waals surface area contributed by atoms with Crippen molar-refractivity contribution in [2.45, 2.75) is 37.6 Å². The minimum atomic E-state index is -3.75. The average Bonchev–Trinajstić information content (AvgIpc) is 2.27. The molecule has 0 saturated heterocycles. The van der Waals surface area contributed by atoms with Crippen LogP contribution in [0.2, 0.25) is 0 Å². The van der Waals surface area contributed by atoms with Gasteiger partial charge in [0.1, 0.15) is 5.75 Å². The first-order valence-corrected chi connectivity index (χ1v) is 7.56. The van der Waals surface area contributed by atoms with Gasteiger partial charge in [-0.25, -0.2) is 8.42 Å². The van der Waals surface area contributed by atoms with Crippen LogP contribution in [0.15, 0.2) is 23.4 Å². The van der Waals surface area contributed by atoms with Crippen molar-refractivity contribution in [2.24, 2.45) is 0 Å². The Morgan fingerprint density at radius 1 is 1.47 bits per heavy atom. The quantitative estimate of drug-likeness (QED) is 0.830. The van der Waals surface area contributed by atoms with E-state index in [9.17, 15) is 13.2 Å². The van der Waals surface area contributed by atoms with Crippen molar-refractivity contribution in [3.05, 3.63) is 18.5 Å². The van der Waals surface area contributed by atoms with Gasteiger partial charge in [-0.15, -0.1) is 0 Å². The van der Waals surface area contributed by atoms with Gasteiger partial charge in [-0.1, -0.05) is 6.92 Å². The normalized spacial score (nSPS) is 12.2. The van der Waals surface area contributed by atoms with Crippen molar-refractivity contribution in [1.29, 1.82) is 0 Å². The number of sulfone groups is 1. The van der Waals surface area contributed by atoms with Gasteiger partial charge < -0.3 is 11.1 Å². The van der Waals surface area contributed by atoms with E-state index in [2.05, 4.69) is 10.3 Å². The van der Waals surface area contributed by atoms with E-state index in [0.717, 1.165) is 0 Å². The topological polar surface area (TPSA) is 102 Å². The summed E-state index contributed by atoms with van der Waals surface area (Å²) in [5, 5.41) is 2.68. The SMILES string of the molecule is CCC(C)(C)NC(=O)CS(=O)(=O)c1ccncc1N. The van der Waals surface area contributed by atoms with Gasteiger partial charge >= 0.3 is 0 Å². The lowest BCUT2D eigenvalue weighted by molar-refractivity contribution is -0.120. The van der Waals surface area contributed by atoms with Gasteiger partial charge in [0, 0.05) is 11.7 Å². The summed E-state index contributed by atoms with van der Waals surface area (Å²) in [6, 6.07) is 1.29. The van der Waals surface area contributed by atoms with Gasteiger partial charge in [0.2, 0.25) is 5.91 Å². The second kappa shape index (κ2) is 5.56. The Labute approximate surface area is 113 Å². The fourth-order valence-electron chi connectivity index (χ4n) is 1.43. The molecule has 0 saturated carbocycles. The van der Waals surface area contributed by atoms with E-state index in [-0.39, 0.29) is 10.6 Å². The Morgan fingerprint density at radius 3 is 2.63 bits per heavy atom. The summed E-state index contributed by atoms with van der Waals surface area (Å²) in [5.74, 6) is -1.16. The maximum Gasteiger partial charge on any atom is 0.235 e. The van der Waals surface area contributed by atoms with Crippen LogP contribution in [0, 0.1) is 0 Å². The van der Waals surface area contributed by atoms with Crippen LogP contribution < -0.4 is 11.1 Å². The Morgan fingerprint density at radius 2 is 2.11 bits per heavy atom. The van der Waals surface area contributed by atoms with Crippen molar-refractivity contribution in [1.82, 2.24) is 10.3 Å². The van der Waals surface area contributed by atoms with Crippen molar-refractivity contribution in [2.75, 3.05) is 11.5 Å². The molecule has 0 aliphatic rings. The van der Waals surface area contributed by atoms with E-state index in [0.29, 0.717) is 6.42 Å². The third-order valence-electron chi connectivity index (χ3n) is 2.83. The Balaban J connectivity index is 2.88. The maximum absolute atomic E-state index is 12.1. The monoisotopic (exact) mass is 285 g/mol. The zero-order valence-corrected chi connectivity index (χ0v) is 12.1. The second-order valence-electron chi connectivity index (χ2n) is 4.96. The molecule has 0 radical (unpaired) electrons. The smallest absolute Gasteiger partial charge is 0.235 e. The van der Waals surface area contributed by atoms with Gasteiger partial charge in [0.15, 0.2) is 9.84 Å². The van der Waals surface area contributed by atoms with E-state index >= 15 is 0 Å². The zero-order valence-electron chi connectivity index (χ0n) is 11.3. The highest BCUT2D eigenvalue weighted by Gasteiger charge is 2.25. The molecule has 1 amide bonds. The van der Waals surface area contributed by atoms with E-state index in [1.807, 2.05) is 20.8 Å². The predicted octanol–water partition coefficient (Wildman–Crippen LogP) is 0.742. The molecule has 1 rings (SSSR count). The molecular formula is C12H19N3O3S. The number of rotatable bonds is 5. The van der Waals surface area contributed by atoms with Gasteiger partial charge in [-0.3, -0.25) is 9.78 Å². The van der Waals surface area contributed by atoms with Crippen molar-refractivity contribution in [3.8, 4) is 0 Å². The van der Waals surface area contributed by atoms with Crippen LogP contribution in [0.3, 0.4) is 0 Å². The first kappa shape index (κ1) is 15.4. The van der Waals surface area contributed by atoms with Crippen LogP contribution in [-0.4, -0.2) is 30.6 Å². The van der Waals surface area contributed by atoms with Crippen LogP contribution in [0.1, 0.15) is 27.2 Å². The van der Waals surface area contributed by atoms with Crippen molar-refractivity contribution >= 4 is 21.4 Å².